The third kappa shape index (κ3) is 3.98. The van der Waals surface area contributed by atoms with Gasteiger partial charge >= 0.3 is 5.97 Å². The maximum atomic E-state index is 12.5. The van der Waals surface area contributed by atoms with E-state index in [9.17, 15) is 9.59 Å². The van der Waals surface area contributed by atoms with Crippen LogP contribution in [0.5, 0.6) is 0 Å². The predicted molar refractivity (Wildman–Crippen MR) is 96.7 cm³/mol. The van der Waals surface area contributed by atoms with E-state index >= 15 is 0 Å². The monoisotopic (exact) mass is 353 g/mol. The highest BCUT2D eigenvalue weighted by atomic mass is 32.1. The van der Waals surface area contributed by atoms with Gasteiger partial charge in [-0.05, 0) is 26.3 Å². The van der Waals surface area contributed by atoms with E-state index in [1.54, 1.807) is 6.92 Å². The third-order valence-corrected chi connectivity index (χ3v) is 5.53. The minimum Gasteiger partial charge on any atom is -0.462 e. The number of ether oxygens (including phenoxy) is 1. The molecule has 6 heteroatoms. The van der Waals surface area contributed by atoms with E-state index in [2.05, 4.69) is 19.2 Å². The minimum absolute atomic E-state index is 0.0836. The molecule has 0 aromatic carbocycles. The number of rotatable bonds is 4. The fourth-order valence-electron chi connectivity index (χ4n) is 2.79. The normalized spacial score (nSPS) is 17.5. The first-order valence-electron chi connectivity index (χ1n) is 8.62. The summed E-state index contributed by atoms with van der Waals surface area (Å²) < 4.78 is 5.24. The van der Waals surface area contributed by atoms with Crippen LogP contribution in [0.2, 0.25) is 0 Å². The first-order chi connectivity index (χ1) is 11.1. The molecule has 1 unspecified atom stereocenters. The third-order valence-electron chi connectivity index (χ3n) is 4.38. The summed E-state index contributed by atoms with van der Waals surface area (Å²) in [5.74, 6) is -0.410. The molecule has 1 aromatic heterocycles. The molecule has 1 aliphatic heterocycles. The Morgan fingerprint density at radius 3 is 2.54 bits per heavy atom. The Balaban J connectivity index is 2.39. The average molecular weight is 354 g/mol. The van der Waals surface area contributed by atoms with Crippen LogP contribution in [0.4, 0.5) is 5.00 Å². The van der Waals surface area contributed by atoms with Gasteiger partial charge in [0.15, 0.2) is 0 Å². The summed E-state index contributed by atoms with van der Waals surface area (Å²) in [6, 6.07) is 0.541. The van der Waals surface area contributed by atoms with Gasteiger partial charge in [-0.2, -0.15) is 0 Å². The molecule has 0 aliphatic carbocycles. The highest BCUT2D eigenvalue weighted by molar-refractivity contribution is 7.17. The number of esters is 1. The van der Waals surface area contributed by atoms with Crippen molar-refractivity contribution in [3.8, 4) is 0 Å². The van der Waals surface area contributed by atoms with E-state index in [0.717, 1.165) is 25.1 Å². The minimum atomic E-state index is -0.508. The number of quaternary nitrogens is 1. The van der Waals surface area contributed by atoms with Crippen molar-refractivity contribution in [2.45, 2.75) is 60.5 Å². The molecule has 0 radical (unpaired) electrons. The van der Waals surface area contributed by atoms with E-state index in [-0.39, 0.29) is 11.9 Å². The molecule has 134 valence electrons. The number of carbonyl (C=O) groups is 2. The van der Waals surface area contributed by atoms with Crippen molar-refractivity contribution >= 4 is 28.2 Å². The maximum absolute atomic E-state index is 12.5. The van der Waals surface area contributed by atoms with Gasteiger partial charge < -0.3 is 15.0 Å². The molecule has 0 bridgehead atoms. The molecular formula is C18H29N2O3S+. The van der Waals surface area contributed by atoms with Crippen LogP contribution in [0.15, 0.2) is 0 Å². The molecule has 2 rings (SSSR count). The largest absolute Gasteiger partial charge is 0.462 e. The van der Waals surface area contributed by atoms with Gasteiger partial charge in [-0.1, -0.05) is 20.8 Å². The van der Waals surface area contributed by atoms with Crippen molar-refractivity contribution in [3.05, 3.63) is 16.0 Å². The van der Waals surface area contributed by atoms with Crippen molar-refractivity contribution in [2.75, 3.05) is 18.5 Å². The molecule has 0 saturated carbocycles. The molecule has 1 amide bonds. The molecule has 0 fully saturated rings. The summed E-state index contributed by atoms with van der Waals surface area (Å²) in [7, 11) is 0. The lowest BCUT2D eigenvalue weighted by Crippen LogP contribution is -3.14. The van der Waals surface area contributed by atoms with Crippen molar-refractivity contribution in [3.63, 3.8) is 0 Å². The lowest BCUT2D eigenvalue weighted by atomic mass is 9.95. The molecule has 24 heavy (non-hydrogen) atoms. The number of hydrogen-bond acceptors (Lipinski definition) is 4. The first-order valence-corrected chi connectivity index (χ1v) is 9.44. The zero-order valence-corrected chi connectivity index (χ0v) is 16.4. The van der Waals surface area contributed by atoms with Crippen LogP contribution in [-0.2, 0) is 22.5 Å². The van der Waals surface area contributed by atoms with Crippen LogP contribution in [-0.4, -0.2) is 31.1 Å². The molecule has 2 N–H and O–H groups in total. The second-order valence-corrected chi connectivity index (χ2v) is 8.73. The lowest BCUT2D eigenvalue weighted by molar-refractivity contribution is -0.936. The van der Waals surface area contributed by atoms with Crippen LogP contribution < -0.4 is 10.2 Å². The van der Waals surface area contributed by atoms with Crippen LogP contribution >= 0.6 is 11.3 Å². The van der Waals surface area contributed by atoms with Gasteiger partial charge in [0, 0.05) is 11.8 Å². The number of nitrogens with one attached hydrogen (secondary N) is 2. The van der Waals surface area contributed by atoms with Gasteiger partial charge in [0.25, 0.3) is 0 Å². The smallest absolute Gasteiger partial charge is 0.341 e. The van der Waals surface area contributed by atoms with Crippen LogP contribution in [0.3, 0.4) is 0 Å². The SMILES string of the molecule is CCOC(=O)c1c(NC(=O)C(C)(C)C)sc2c1CC[NH+](C(C)C)C2. The Bertz CT molecular complexity index is 629. The molecular weight excluding hydrogens is 324 g/mol. The van der Waals surface area contributed by atoms with Gasteiger partial charge in [0.05, 0.1) is 29.6 Å². The van der Waals surface area contributed by atoms with Gasteiger partial charge in [-0.3, -0.25) is 4.79 Å². The number of amides is 1. The zero-order valence-electron chi connectivity index (χ0n) is 15.5. The van der Waals surface area contributed by atoms with Crippen LogP contribution in [0.25, 0.3) is 0 Å². The molecule has 1 aliphatic rings. The number of carbonyl (C=O) groups excluding carboxylic acids is 2. The Morgan fingerprint density at radius 1 is 1.33 bits per heavy atom. The van der Waals surface area contributed by atoms with Crippen molar-refractivity contribution in [1.29, 1.82) is 0 Å². The topological polar surface area (TPSA) is 59.8 Å². The summed E-state index contributed by atoms with van der Waals surface area (Å²) in [4.78, 5) is 27.6. The maximum Gasteiger partial charge on any atom is 0.341 e. The highest BCUT2D eigenvalue weighted by Gasteiger charge is 2.33. The second kappa shape index (κ2) is 7.23. The number of fused-ring (bicyclic) bond motifs is 1. The highest BCUT2D eigenvalue weighted by Crippen LogP contribution is 2.36. The van der Waals surface area contributed by atoms with Crippen molar-refractivity contribution in [1.82, 2.24) is 0 Å². The number of anilines is 1. The quantitative estimate of drug-likeness (QED) is 0.817. The Hall–Kier alpha value is -1.40. The summed E-state index contributed by atoms with van der Waals surface area (Å²) in [6.45, 7) is 14.1. The van der Waals surface area contributed by atoms with E-state index in [4.69, 9.17) is 4.74 Å². The van der Waals surface area contributed by atoms with Crippen LogP contribution in [0, 0.1) is 5.41 Å². The van der Waals surface area contributed by atoms with E-state index in [1.807, 2.05) is 20.8 Å². The fraction of sp³-hybridized carbons (Fsp3) is 0.667. The summed E-state index contributed by atoms with van der Waals surface area (Å²) in [5, 5.41) is 3.60. The number of hydrogen-bond donors (Lipinski definition) is 2. The van der Waals surface area contributed by atoms with E-state index in [0.29, 0.717) is 23.2 Å². The van der Waals surface area contributed by atoms with E-state index < -0.39 is 5.41 Å². The van der Waals surface area contributed by atoms with Crippen molar-refractivity contribution in [2.24, 2.45) is 5.41 Å². The molecule has 1 aromatic rings. The van der Waals surface area contributed by atoms with Gasteiger partial charge in [0.2, 0.25) is 5.91 Å². The van der Waals surface area contributed by atoms with Crippen LogP contribution in [0.1, 0.15) is 62.3 Å². The summed E-state index contributed by atoms with van der Waals surface area (Å²) >= 11 is 1.53. The van der Waals surface area contributed by atoms with Gasteiger partial charge in [-0.25, -0.2) is 4.79 Å². The van der Waals surface area contributed by atoms with E-state index in [1.165, 1.54) is 21.1 Å². The van der Waals surface area contributed by atoms with Gasteiger partial charge in [-0.15, -0.1) is 11.3 Å². The Labute approximate surface area is 148 Å². The molecule has 1 atom stereocenters. The standard InChI is InChI=1S/C18H28N2O3S/c1-7-23-16(21)14-12-8-9-20(11(2)3)10-13(12)24-15(14)19-17(22)18(4,5)6/h11H,7-10H2,1-6H3,(H,19,22)/p+1. The molecule has 0 spiro atoms. The Kier molecular flexibility index (Phi) is 5.71. The predicted octanol–water partition coefficient (Wildman–Crippen LogP) is 2.26. The summed E-state index contributed by atoms with van der Waals surface area (Å²) in [5.41, 5.74) is 1.12. The Morgan fingerprint density at radius 2 is 2.00 bits per heavy atom. The summed E-state index contributed by atoms with van der Waals surface area (Å²) in [6.07, 6.45) is 0.846. The molecule has 2 heterocycles. The van der Waals surface area contributed by atoms with Gasteiger partial charge in [0.1, 0.15) is 11.5 Å². The van der Waals surface area contributed by atoms with Crippen molar-refractivity contribution < 1.29 is 19.2 Å². The fourth-order valence-corrected chi connectivity index (χ4v) is 4.07. The number of thiophene rings is 1. The molecule has 5 nitrogen and oxygen atoms in total. The zero-order chi connectivity index (χ0) is 18.1. The first kappa shape index (κ1) is 18.9. The second-order valence-electron chi connectivity index (χ2n) is 7.62. The lowest BCUT2D eigenvalue weighted by Gasteiger charge is -2.27. The average Bonchev–Trinajstić information content (AvgIpc) is 2.83. The molecule has 0 saturated heterocycles.